The number of amides is 1. The SMILES string of the molecule is COc1ccc(-c2cn3nc(N4CCC[C@H](C(=O)NCCCOC(C)C)C4)sc3n2)cc1. The van der Waals surface area contributed by atoms with Crippen LogP contribution in [0.3, 0.4) is 0 Å². The molecule has 172 valence electrons. The molecule has 1 amide bonds. The second-order valence-electron chi connectivity index (χ2n) is 8.32. The highest BCUT2D eigenvalue weighted by Crippen LogP contribution is 2.30. The molecule has 0 bridgehead atoms. The van der Waals surface area contributed by atoms with Gasteiger partial charge in [0.2, 0.25) is 16.0 Å². The number of carbonyl (C=O) groups is 1. The fourth-order valence-electron chi connectivity index (χ4n) is 3.83. The van der Waals surface area contributed by atoms with E-state index in [9.17, 15) is 4.79 Å². The molecule has 0 aliphatic carbocycles. The molecule has 0 unspecified atom stereocenters. The number of fused-ring (bicyclic) bond motifs is 1. The van der Waals surface area contributed by atoms with Crippen LogP contribution >= 0.6 is 11.3 Å². The van der Waals surface area contributed by atoms with Gasteiger partial charge >= 0.3 is 0 Å². The molecule has 1 aliphatic heterocycles. The summed E-state index contributed by atoms with van der Waals surface area (Å²) in [5, 5.41) is 8.72. The van der Waals surface area contributed by atoms with Gasteiger partial charge in [0.05, 0.1) is 31.0 Å². The molecule has 1 saturated heterocycles. The molecule has 3 heterocycles. The Kier molecular flexibility index (Phi) is 7.26. The van der Waals surface area contributed by atoms with E-state index in [-0.39, 0.29) is 17.9 Å². The molecule has 4 rings (SSSR count). The molecule has 0 spiro atoms. The monoisotopic (exact) mass is 457 g/mol. The van der Waals surface area contributed by atoms with E-state index < -0.39 is 0 Å². The van der Waals surface area contributed by atoms with Crippen molar-refractivity contribution in [1.82, 2.24) is 19.9 Å². The zero-order valence-electron chi connectivity index (χ0n) is 18.9. The summed E-state index contributed by atoms with van der Waals surface area (Å²) in [4.78, 5) is 20.4. The number of imidazole rings is 1. The van der Waals surface area contributed by atoms with Crippen LogP contribution in [0.4, 0.5) is 5.13 Å². The number of aromatic nitrogens is 3. The Morgan fingerprint density at radius 3 is 2.84 bits per heavy atom. The normalized spacial score (nSPS) is 16.6. The highest BCUT2D eigenvalue weighted by Gasteiger charge is 2.27. The Bertz CT molecular complexity index is 999. The van der Waals surface area contributed by atoms with E-state index in [4.69, 9.17) is 19.6 Å². The van der Waals surface area contributed by atoms with Gasteiger partial charge in [-0.25, -0.2) is 9.50 Å². The van der Waals surface area contributed by atoms with Crippen molar-refractivity contribution in [2.75, 3.05) is 38.3 Å². The van der Waals surface area contributed by atoms with Crippen molar-refractivity contribution in [2.45, 2.75) is 39.2 Å². The number of methoxy groups -OCH3 is 1. The molecule has 32 heavy (non-hydrogen) atoms. The molecule has 1 atom stereocenters. The Labute approximate surface area is 192 Å². The largest absolute Gasteiger partial charge is 0.497 e. The zero-order valence-corrected chi connectivity index (χ0v) is 19.7. The number of piperidine rings is 1. The molecular formula is C23H31N5O3S. The van der Waals surface area contributed by atoms with E-state index in [1.807, 2.05) is 48.8 Å². The molecule has 1 N–H and O–H groups in total. The summed E-state index contributed by atoms with van der Waals surface area (Å²) in [5.41, 5.74) is 1.91. The lowest BCUT2D eigenvalue weighted by molar-refractivity contribution is -0.125. The summed E-state index contributed by atoms with van der Waals surface area (Å²) >= 11 is 1.56. The van der Waals surface area contributed by atoms with Crippen molar-refractivity contribution in [3.05, 3.63) is 30.5 Å². The van der Waals surface area contributed by atoms with Gasteiger partial charge < -0.3 is 19.7 Å². The predicted molar refractivity (Wildman–Crippen MR) is 127 cm³/mol. The van der Waals surface area contributed by atoms with Crippen LogP contribution < -0.4 is 15.0 Å². The third-order valence-corrected chi connectivity index (χ3v) is 6.54. The van der Waals surface area contributed by atoms with E-state index in [0.717, 1.165) is 52.9 Å². The Morgan fingerprint density at radius 1 is 1.31 bits per heavy atom. The fourth-order valence-corrected chi connectivity index (χ4v) is 4.75. The first kappa shape index (κ1) is 22.5. The number of nitrogens with one attached hydrogen (secondary N) is 1. The quantitative estimate of drug-likeness (QED) is 0.495. The number of nitrogens with zero attached hydrogens (tertiary/aromatic N) is 4. The van der Waals surface area contributed by atoms with Crippen LogP contribution in [0.25, 0.3) is 16.2 Å². The number of hydrogen-bond donors (Lipinski definition) is 1. The van der Waals surface area contributed by atoms with Crippen molar-refractivity contribution in [3.8, 4) is 17.0 Å². The Balaban J connectivity index is 1.35. The fraction of sp³-hybridized carbons (Fsp3) is 0.522. The third-order valence-electron chi connectivity index (χ3n) is 5.55. The van der Waals surface area contributed by atoms with Crippen LogP contribution in [0.1, 0.15) is 33.1 Å². The second kappa shape index (κ2) is 10.3. The van der Waals surface area contributed by atoms with Crippen molar-refractivity contribution in [2.24, 2.45) is 5.92 Å². The standard InChI is InChI=1S/C23H31N5O3S/c1-16(2)31-13-5-11-24-21(29)18-6-4-12-27(14-18)23-26-28-15-20(25-22(28)32-23)17-7-9-19(30-3)10-8-17/h7-10,15-16,18H,4-6,11-14H2,1-3H3,(H,24,29)/t18-/m0/s1. The van der Waals surface area contributed by atoms with E-state index in [0.29, 0.717) is 19.7 Å². The molecule has 1 aromatic carbocycles. The van der Waals surface area contributed by atoms with Gasteiger partial charge in [0.25, 0.3) is 0 Å². The topological polar surface area (TPSA) is 81.0 Å². The number of anilines is 1. The average Bonchev–Trinajstić information content (AvgIpc) is 3.38. The summed E-state index contributed by atoms with van der Waals surface area (Å²) in [6.45, 7) is 6.97. The maximum Gasteiger partial charge on any atom is 0.224 e. The Hall–Kier alpha value is -2.65. The van der Waals surface area contributed by atoms with Gasteiger partial charge in [-0.15, -0.1) is 5.10 Å². The molecule has 8 nitrogen and oxygen atoms in total. The van der Waals surface area contributed by atoms with Gasteiger partial charge in [0.15, 0.2) is 0 Å². The van der Waals surface area contributed by atoms with Crippen molar-refractivity contribution >= 4 is 27.3 Å². The van der Waals surface area contributed by atoms with E-state index >= 15 is 0 Å². The molecular weight excluding hydrogens is 426 g/mol. The van der Waals surface area contributed by atoms with Gasteiger partial charge in [0, 0.05) is 31.8 Å². The molecule has 0 radical (unpaired) electrons. The van der Waals surface area contributed by atoms with Crippen molar-refractivity contribution < 1.29 is 14.3 Å². The van der Waals surface area contributed by atoms with Crippen LogP contribution in [-0.4, -0.2) is 60.0 Å². The minimum Gasteiger partial charge on any atom is -0.497 e. The van der Waals surface area contributed by atoms with E-state index in [1.165, 1.54) is 0 Å². The lowest BCUT2D eigenvalue weighted by Crippen LogP contribution is -2.43. The van der Waals surface area contributed by atoms with Gasteiger partial charge in [-0.3, -0.25) is 4.79 Å². The minimum absolute atomic E-state index is 0.0131. The van der Waals surface area contributed by atoms with Crippen LogP contribution in [0.2, 0.25) is 0 Å². The van der Waals surface area contributed by atoms with Crippen molar-refractivity contribution in [1.29, 1.82) is 0 Å². The van der Waals surface area contributed by atoms with Crippen LogP contribution in [-0.2, 0) is 9.53 Å². The molecule has 1 aliphatic rings. The number of ether oxygens (including phenoxy) is 2. The summed E-state index contributed by atoms with van der Waals surface area (Å²) in [5.74, 6) is 0.936. The molecule has 3 aromatic rings. The lowest BCUT2D eigenvalue weighted by Gasteiger charge is -2.31. The number of hydrogen-bond acceptors (Lipinski definition) is 7. The third kappa shape index (κ3) is 5.39. The van der Waals surface area contributed by atoms with Crippen molar-refractivity contribution in [3.63, 3.8) is 0 Å². The average molecular weight is 458 g/mol. The smallest absolute Gasteiger partial charge is 0.224 e. The highest BCUT2D eigenvalue weighted by molar-refractivity contribution is 7.20. The van der Waals surface area contributed by atoms with E-state index in [1.54, 1.807) is 18.4 Å². The highest BCUT2D eigenvalue weighted by atomic mass is 32.1. The lowest BCUT2D eigenvalue weighted by atomic mass is 9.97. The summed E-state index contributed by atoms with van der Waals surface area (Å²) < 4.78 is 12.6. The molecule has 0 saturated carbocycles. The number of carbonyl (C=O) groups excluding carboxylic acids is 1. The van der Waals surface area contributed by atoms with Gasteiger partial charge in [-0.2, -0.15) is 0 Å². The van der Waals surface area contributed by atoms with Gasteiger partial charge in [-0.1, -0.05) is 11.3 Å². The summed E-state index contributed by atoms with van der Waals surface area (Å²) in [7, 11) is 1.66. The summed E-state index contributed by atoms with van der Waals surface area (Å²) in [6.07, 6.45) is 4.90. The first-order valence-corrected chi connectivity index (χ1v) is 12.0. The Morgan fingerprint density at radius 2 is 2.12 bits per heavy atom. The zero-order chi connectivity index (χ0) is 22.5. The number of benzene rings is 1. The van der Waals surface area contributed by atoms with Gasteiger partial charge in [-0.05, 0) is 57.4 Å². The van der Waals surface area contributed by atoms with Crippen LogP contribution in [0.15, 0.2) is 30.5 Å². The molecule has 1 fully saturated rings. The minimum atomic E-state index is -0.0131. The number of rotatable bonds is 9. The first-order valence-electron chi connectivity index (χ1n) is 11.2. The molecule has 9 heteroatoms. The maximum absolute atomic E-state index is 12.6. The first-order chi connectivity index (χ1) is 15.5. The van der Waals surface area contributed by atoms with E-state index in [2.05, 4.69) is 10.2 Å². The van der Waals surface area contributed by atoms with Gasteiger partial charge in [0.1, 0.15) is 5.75 Å². The predicted octanol–water partition coefficient (Wildman–Crippen LogP) is 3.61. The maximum atomic E-state index is 12.6. The van der Waals surface area contributed by atoms with Crippen LogP contribution in [0, 0.1) is 5.92 Å². The van der Waals surface area contributed by atoms with Crippen LogP contribution in [0.5, 0.6) is 5.75 Å². The summed E-state index contributed by atoms with van der Waals surface area (Å²) in [6, 6.07) is 7.85. The molecule has 2 aromatic heterocycles. The second-order valence-corrected chi connectivity index (χ2v) is 9.25.